The van der Waals surface area contributed by atoms with Crippen LogP contribution in [-0.2, 0) is 10.1 Å². The summed E-state index contributed by atoms with van der Waals surface area (Å²) in [5.41, 5.74) is -0.185. The normalized spacial score (nSPS) is 9.67. The second-order valence-corrected chi connectivity index (χ2v) is 3.74. The van der Waals surface area contributed by atoms with E-state index >= 15 is 0 Å². The third-order valence-corrected chi connectivity index (χ3v) is 2.27. The van der Waals surface area contributed by atoms with Crippen molar-refractivity contribution in [2.45, 2.75) is 4.90 Å². The molecule has 0 aliphatic heterocycles. The van der Waals surface area contributed by atoms with Crippen molar-refractivity contribution in [1.29, 1.82) is 0 Å². The zero-order chi connectivity index (χ0) is 10.1. The van der Waals surface area contributed by atoms with Crippen LogP contribution in [0.15, 0.2) is 23.1 Å². The van der Waals surface area contributed by atoms with E-state index in [-0.39, 0.29) is 73.3 Å². The van der Waals surface area contributed by atoms with Crippen molar-refractivity contribution in [2.24, 2.45) is 0 Å². The molecule has 0 heterocycles. The van der Waals surface area contributed by atoms with Crippen LogP contribution in [0.3, 0.4) is 0 Å². The molecule has 0 saturated heterocycles. The van der Waals surface area contributed by atoms with Crippen LogP contribution in [0.5, 0.6) is 5.75 Å². The zero-order valence-corrected chi connectivity index (χ0v) is 13.2. The Hall–Kier alpha value is 0.600. The predicted octanol–water partition coefficient (Wildman–Crippen LogP) is -5.32. The number of rotatable bonds is 2. The summed E-state index contributed by atoms with van der Waals surface area (Å²) in [4.78, 5) is 9.85. The first-order chi connectivity index (χ1) is 5.95. The van der Waals surface area contributed by atoms with Crippen LogP contribution >= 0.6 is 0 Å². The maximum absolute atomic E-state index is 10.6. The van der Waals surface area contributed by atoms with Crippen molar-refractivity contribution < 1.29 is 84.8 Å². The molecule has 0 spiro atoms. The van der Waals surface area contributed by atoms with E-state index in [9.17, 15) is 13.2 Å². The number of hydrogen-bond acceptors (Lipinski definition) is 4. The summed E-state index contributed by atoms with van der Waals surface area (Å²) in [6.45, 7) is 0. The molecule has 0 aliphatic rings. The number of phenolic OH excluding ortho intramolecular Hbond substituents is 1. The molecule has 15 heavy (non-hydrogen) atoms. The summed E-state index contributed by atoms with van der Waals surface area (Å²) in [6.07, 6.45) is 0.296. The molecule has 5 nitrogen and oxygen atoms in total. The molecule has 0 atom stereocenters. The largest absolute Gasteiger partial charge is 1.00 e. The van der Waals surface area contributed by atoms with Gasteiger partial charge in [0.2, 0.25) is 0 Å². The molecule has 2 N–H and O–H groups in total. The molecule has 0 unspecified atom stereocenters. The Labute approximate surface area is 134 Å². The van der Waals surface area contributed by atoms with Gasteiger partial charge in [0.05, 0.1) is 10.5 Å². The smallest absolute Gasteiger partial charge is 1.00 e. The van der Waals surface area contributed by atoms with Crippen LogP contribution in [0.4, 0.5) is 0 Å². The Morgan fingerprint density at radius 2 is 1.80 bits per heavy atom. The summed E-state index contributed by atoms with van der Waals surface area (Å²) in [5, 5.41) is 8.99. The Bertz CT molecular complexity index is 452. The van der Waals surface area contributed by atoms with Crippen LogP contribution in [-0.4, -0.2) is 24.4 Å². The summed E-state index contributed by atoms with van der Waals surface area (Å²) < 4.78 is 29.7. The van der Waals surface area contributed by atoms with Gasteiger partial charge in [-0.1, -0.05) is 0 Å². The fourth-order valence-electron chi connectivity index (χ4n) is 0.787. The van der Waals surface area contributed by atoms with Gasteiger partial charge >= 0.3 is 59.1 Å². The fraction of sp³-hybridized carbons (Fsp3) is 0. The number of aldehydes is 1. The van der Waals surface area contributed by atoms with E-state index in [4.69, 9.17) is 9.66 Å². The Kier molecular flexibility index (Phi) is 8.43. The number of hydrogen-bond donors (Lipinski definition) is 2. The molecule has 1 aromatic rings. The van der Waals surface area contributed by atoms with E-state index in [0.29, 0.717) is 6.29 Å². The first kappa shape index (κ1) is 18.0. The maximum atomic E-state index is 10.6. The van der Waals surface area contributed by atoms with Gasteiger partial charge in [0.15, 0.2) is 6.29 Å². The minimum absolute atomic E-state index is 0. The third kappa shape index (κ3) is 4.97. The van der Waals surface area contributed by atoms with Gasteiger partial charge < -0.3 is 7.96 Å². The van der Waals surface area contributed by atoms with Crippen molar-refractivity contribution in [3.8, 4) is 5.75 Å². The molecule has 0 amide bonds. The number of benzene rings is 1. The number of carbonyl (C=O) groups is 1. The third-order valence-electron chi connectivity index (χ3n) is 1.42. The Morgan fingerprint density at radius 1 is 1.27 bits per heavy atom. The molecule has 0 fully saturated rings. The van der Waals surface area contributed by atoms with Gasteiger partial charge in [-0.3, -0.25) is 9.35 Å². The molecule has 0 radical (unpaired) electrons. The summed E-state index contributed by atoms with van der Waals surface area (Å²) in [6, 6.07) is 2.90. The molecular formula is C7H8Na2O5S. The van der Waals surface area contributed by atoms with E-state index in [2.05, 4.69) is 0 Å². The topological polar surface area (TPSA) is 91.7 Å². The van der Waals surface area contributed by atoms with Crippen molar-refractivity contribution in [2.75, 3.05) is 0 Å². The van der Waals surface area contributed by atoms with Crippen LogP contribution < -0.4 is 59.1 Å². The summed E-state index contributed by atoms with van der Waals surface area (Å²) in [7, 11) is -4.32. The predicted molar refractivity (Wildman–Crippen MR) is 45.5 cm³/mol. The monoisotopic (exact) mass is 250 g/mol. The molecule has 74 valence electrons. The molecule has 0 saturated carbocycles. The quantitative estimate of drug-likeness (QED) is 0.311. The van der Waals surface area contributed by atoms with Crippen molar-refractivity contribution >= 4 is 16.4 Å². The van der Waals surface area contributed by atoms with Gasteiger partial charge in [-0.15, -0.1) is 0 Å². The SMILES string of the molecule is O=Cc1cc(S(=O)(=O)O)ccc1O.[H-].[H-].[Na+].[Na+]. The second kappa shape index (κ2) is 7.03. The van der Waals surface area contributed by atoms with Crippen LogP contribution in [0.2, 0.25) is 0 Å². The second-order valence-electron chi connectivity index (χ2n) is 2.31. The Balaban J connectivity index is -0.000000211. The van der Waals surface area contributed by atoms with Crippen LogP contribution in [0, 0.1) is 0 Å². The first-order valence-electron chi connectivity index (χ1n) is 3.21. The number of phenols is 1. The van der Waals surface area contributed by atoms with Crippen LogP contribution in [0.25, 0.3) is 0 Å². The average molecular weight is 250 g/mol. The first-order valence-corrected chi connectivity index (χ1v) is 4.65. The van der Waals surface area contributed by atoms with Gasteiger partial charge in [-0.2, -0.15) is 8.42 Å². The van der Waals surface area contributed by atoms with E-state index < -0.39 is 15.0 Å². The summed E-state index contributed by atoms with van der Waals surface area (Å²) in [5.74, 6) is -0.331. The minimum atomic E-state index is -4.32. The van der Waals surface area contributed by atoms with Crippen LogP contribution in [0.1, 0.15) is 13.2 Å². The van der Waals surface area contributed by atoms with E-state index in [1.165, 1.54) is 0 Å². The average Bonchev–Trinajstić information content (AvgIpc) is 2.03. The molecule has 0 aliphatic carbocycles. The molecule has 0 aromatic heterocycles. The summed E-state index contributed by atoms with van der Waals surface area (Å²) >= 11 is 0. The van der Waals surface area contributed by atoms with E-state index in [0.717, 1.165) is 18.2 Å². The standard InChI is InChI=1S/C7H6O5S.2Na.2H/c8-4-5-3-6(13(10,11)12)1-2-7(5)9;;;;/h1-4,9H,(H,10,11,12);;;;/q;2*+1;2*-1. The van der Waals surface area contributed by atoms with Gasteiger partial charge in [-0.05, 0) is 18.2 Å². The number of carbonyl (C=O) groups excluding carboxylic acids is 1. The molecular weight excluding hydrogens is 242 g/mol. The Morgan fingerprint density at radius 3 is 2.20 bits per heavy atom. The number of aromatic hydroxyl groups is 1. The molecule has 1 aromatic carbocycles. The van der Waals surface area contributed by atoms with Crippen molar-refractivity contribution in [3.63, 3.8) is 0 Å². The van der Waals surface area contributed by atoms with E-state index in [1.54, 1.807) is 0 Å². The molecule has 1 rings (SSSR count). The van der Waals surface area contributed by atoms with Crippen molar-refractivity contribution in [3.05, 3.63) is 23.8 Å². The van der Waals surface area contributed by atoms with Gasteiger partial charge in [-0.25, -0.2) is 0 Å². The fourth-order valence-corrected chi connectivity index (χ4v) is 1.30. The van der Waals surface area contributed by atoms with Gasteiger partial charge in [0.1, 0.15) is 5.75 Å². The maximum Gasteiger partial charge on any atom is 1.00 e. The zero-order valence-electron chi connectivity index (χ0n) is 10.3. The van der Waals surface area contributed by atoms with E-state index in [1.807, 2.05) is 0 Å². The molecule has 0 bridgehead atoms. The van der Waals surface area contributed by atoms with Gasteiger partial charge in [0.25, 0.3) is 10.1 Å². The minimum Gasteiger partial charge on any atom is -1.00 e. The molecule has 8 heteroatoms. The van der Waals surface area contributed by atoms with Gasteiger partial charge in [0, 0.05) is 0 Å². The van der Waals surface area contributed by atoms with Crippen molar-refractivity contribution in [1.82, 2.24) is 0 Å².